The van der Waals surface area contributed by atoms with Gasteiger partial charge in [0.2, 0.25) is 0 Å². The normalized spacial score (nSPS) is 25.3. The van der Waals surface area contributed by atoms with Crippen molar-refractivity contribution in [3.8, 4) is 0 Å². The third-order valence-corrected chi connectivity index (χ3v) is 4.64. The maximum atomic E-state index is 12.0. The van der Waals surface area contributed by atoms with E-state index in [1.165, 1.54) is 0 Å². The number of benzene rings is 1. The van der Waals surface area contributed by atoms with Crippen molar-refractivity contribution in [2.45, 2.75) is 25.5 Å². The fraction of sp³-hybridized carbons (Fsp3) is 0.389. The van der Waals surface area contributed by atoms with Crippen LogP contribution in [0.15, 0.2) is 53.3 Å². The fourth-order valence-corrected chi connectivity index (χ4v) is 3.36. The lowest BCUT2D eigenvalue weighted by atomic mass is 9.73. The van der Waals surface area contributed by atoms with E-state index in [9.17, 15) is 15.0 Å². The second-order valence-electron chi connectivity index (χ2n) is 6.27. The molecule has 1 aliphatic heterocycles. The highest BCUT2D eigenvalue weighted by molar-refractivity contribution is 5.76. The van der Waals surface area contributed by atoms with E-state index in [0.717, 1.165) is 11.1 Å². The van der Waals surface area contributed by atoms with Gasteiger partial charge in [-0.3, -0.25) is 9.69 Å². The van der Waals surface area contributed by atoms with E-state index < -0.39 is 17.5 Å². The van der Waals surface area contributed by atoms with Crippen LogP contribution in [-0.4, -0.2) is 40.3 Å². The molecule has 2 heterocycles. The van der Waals surface area contributed by atoms with Crippen LogP contribution in [0.25, 0.3) is 0 Å². The molecular formula is C18H21NO4. The standard InChI is InChI=1S/C18H21NO4/c20-16-6-8-19(11-15-7-9-23-12-15)13-18(16,17(21)22)10-14-4-2-1-3-5-14/h1-5,7,9,12,16,20H,6,8,10-11,13H2,(H,21,22)/t16-,18-/m0/s1. The van der Waals surface area contributed by atoms with Gasteiger partial charge in [-0.15, -0.1) is 0 Å². The van der Waals surface area contributed by atoms with Crippen molar-refractivity contribution in [3.05, 3.63) is 60.1 Å². The molecule has 2 atom stereocenters. The first-order valence-corrected chi connectivity index (χ1v) is 7.79. The molecule has 0 spiro atoms. The number of furan rings is 1. The zero-order valence-corrected chi connectivity index (χ0v) is 12.9. The van der Waals surface area contributed by atoms with Gasteiger partial charge in [-0.05, 0) is 24.5 Å². The molecule has 0 aliphatic carbocycles. The minimum atomic E-state index is -1.18. The maximum absolute atomic E-state index is 12.0. The highest BCUT2D eigenvalue weighted by Gasteiger charge is 2.49. The van der Waals surface area contributed by atoms with Gasteiger partial charge in [-0.1, -0.05) is 30.3 Å². The summed E-state index contributed by atoms with van der Waals surface area (Å²) in [5.74, 6) is -0.939. The SMILES string of the molecule is O=C(O)[C@@]1(Cc2ccccc2)CN(Cc2ccoc2)CC[C@@H]1O. The molecule has 1 aliphatic rings. The van der Waals surface area contributed by atoms with Crippen LogP contribution in [-0.2, 0) is 17.8 Å². The van der Waals surface area contributed by atoms with Gasteiger partial charge in [0.15, 0.2) is 0 Å². The predicted octanol–water partition coefficient (Wildman–Crippen LogP) is 2.16. The van der Waals surface area contributed by atoms with Crippen molar-refractivity contribution < 1.29 is 19.4 Å². The number of aliphatic hydroxyl groups is 1. The average molecular weight is 315 g/mol. The average Bonchev–Trinajstić information content (AvgIpc) is 3.04. The van der Waals surface area contributed by atoms with E-state index in [0.29, 0.717) is 32.5 Å². The molecule has 0 amide bonds. The van der Waals surface area contributed by atoms with Crippen LogP contribution in [0, 0.1) is 5.41 Å². The zero-order valence-electron chi connectivity index (χ0n) is 12.9. The number of carbonyl (C=O) groups is 1. The molecule has 1 saturated heterocycles. The molecule has 23 heavy (non-hydrogen) atoms. The number of carboxylic acid groups (broad SMARTS) is 1. The minimum absolute atomic E-state index is 0.323. The highest BCUT2D eigenvalue weighted by atomic mass is 16.4. The summed E-state index contributed by atoms with van der Waals surface area (Å²) in [4.78, 5) is 14.1. The Kier molecular flexibility index (Phi) is 4.50. The number of aliphatic carboxylic acids is 1. The largest absolute Gasteiger partial charge is 0.481 e. The monoisotopic (exact) mass is 315 g/mol. The summed E-state index contributed by atoms with van der Waals surface area (Å²) in [6.45, 7) is 1.63. The molecule has 1 fully saturated rings. The van der Waals surface area contributed by atoms with E-state index in [1.54, 1.807) is 12.5 Å². The van der Waals surface area contributed by atoms with Crippen LogP contribution in [0.4, 0.5) is 0 Å². The molecule has 0 bridgehead atoms. The molecule has 122 valence electrons. The van der Waals surface area contributed by atoms with Crippen LogP contribution in [0.2, 0.25) is 0 Å². The smallest absolute Gasteiger partial charge is 0.313 e. The van der Waals surface area contributed by atoms with E-state index >= 15 is 0 Å². The fourth-order valence-electron chi connectivity index (χ4n) is 3.36. The molecule has 0 radical (unpaired) electrons. The number of hydrogen-bond donors (Lipinski definition) is 2. The molecule has 5 heteroatoms. The summed E-state index contributed by atoms with van der Waals surface area (Å²) < 4.78 is 5.08. The number of carboxylic acids is 1. The summed E-state index contributed by atoms with van der Waals surface area (Å²) in [7, 11) is 0. The molecule has 2 N–H and O–H groups in total. The van der Waals surface area contributed by atoms with Crippen LogP contribution < -0.4 is 0 Å². The number of likely N-dealkylation sites (tertiary alicyclic amines) is 1. The van der Waals surface area contributed by atoms with E-state index in [1.807, 2.05) is 36.4 Å². The summed E-state index contributed by atoms with van der Waals surface area (Å²) >= 11 is 0. The van der Waals surface area contributed by atoms with Gasteiger partial charge in [0.1, 0.15) is 5.41 Å². The lowest BCUT2D eigenvalue weighted by Gasteiger charge is -2.43. The van der Waals surface area contributed by atoms with Crippen molar-refractivity contribution in [3.63, 3.8) is 0 Å². The van der Waals surface area contributed by atoms with Crippen molar-refractivity contribution >= 4 is 5.97 Å². The summed E-state index contributed by atoms with van der Waals surface area (Å²) in [5.41, 5.74) is 0.767. The molecule has 5 nitrogen and oxygen atoms in total. The Morgan fingerprint density at radius 2 is 2.04 bits per heavy atom. The first-order valence-electron chi connectivity index (χ1n) is 7.79. The number of aliphatic hydroxyl groups excluding tert-OH is 1. The minimum Gasteiger partial charge on any atom is -0.481 e. The zero-order chi connectivity index (χ0) is 16.3. The van der Waals surface area contributed by atoms with E-state index in [4.69, 9.17) is 4.42 Å². The van der Waals surface area contributed by atoms with Crippen molar-refractivity contribution in [2.75, 3.05) is 13.1 Å². The van der Waals surface area contributed by atoms with E-state index in [-0.39, 0.29) is 0 Å². The third kappa shape index (κ3) is 3.30. The van der Waals surface area contributed by atoms with Crippen LogP contribution in [0.1, 0.15) is 17.5 Å². The van der Waals surface area contributed by atoms with Crippen LogP contribution >= 0.6 is 0 Å². The van der Waals surface area contributed by atoms with Gasteiger partial charge in [0.25, 0.3) is 0 Å². The second-order valence-corrected chi connectivity index (χ2v) is 6.27. The highest BCUT2D eigenvalue weighted by Crippen LogP contribution is 2.35. The maximum Gasteiger partial charge on any atom is 0.313 e. The van der Waals surface area contributed by atoms with Crippen molar-refractivity contribution in [1.29, 1.82) is 0 Å². The number of hydrogen-bond acceptors (Lipinski definition) is 4. The molecule has 1 aromatic heterocycles. The van der Waals surface area contributed by atoms with Gasteiger partial charge in [0.05, 0.1) is 18.6 Å². The molecule has 3 rings (SSSR count). The quantitative estimate of drug-likeness (QED) is 0.884. The van der Waals surface area contributed by atoms with Crippen molar-refractivity contribution in [1.82, 2.24) is 4.90 Å². The Morgan fingerprint density at radius 1 is 1.26 bits per heavy atom. The Labute approximate surface area is 135 Å². The molecule has 1 aromatic carbocycles. The van der Waals surface area contributed by atoms with Gasteiger partial charge < -0.3 is 14.6 Å². The summed E-state index contributed by atoms with van der Waals surface area (Å²) in [6.07, 6.45) is 3.22. The lowest BCUT2D eigenvalue weighted by Crippen LogP contribution is -2.56. The van der Waals surface area contributed by atoms with Gasteiger partial charge in [0, 0.05) is 25.2 Å². The number of nitrogens with zero attached hydrogens (tertiary/aromatic N) is 1. The summed E-state index contributed by atoms with van der Waals surface area (Å²) in [6, 6.07) is 11.4. The van der Waals surface area contributed by atoms with Crippen LogP contribution in [0.5, 0.6) is 0 Å². The molecular weight excluding hydrogens is 294 g/mol. The first-order chi connectivity index (χ1) is 11.1. The van der Waals surface area contributed by atoms with Crippen molar-refractivity contribution in [2.24, 2.45) is 5.41 Å². The molecule has 0 unspecified atom stereocenters. The van der Waals surface area contributed by atoms with Crippen LogP contribution in [0.3, 0.4) is 0 Å². The Morgan fingerprint density at radius 3 is 2.70 bits per heavy atom. The Balaban J connectivity index is 1.82. The molecule has 0 saturated carbocycles. The second kappa shape index (κ2) is 6.56. The number of piperidine rings is 1. The van der Waals surface area contributed by atoms with Gasteiger partial charge >= 0.3 is 5.97 Å². The predicted molar refractivity (Wildman–Crippen MR) is 84.8 cm³/mol. The van der Waals surface area contributed by atoms with E-state index in [2.05, 4.69) is 4.90 Å². The van der Waals surface area contributed by atoms with Gasteiger partial charge in [-0.25, -0.2) is 0 Å². The number of rotatable bonds is 5. The lowest BCUT2D eigenvalue weighted by molar-refractivity contribution is -0.163. The third-order valence-electron chi connectivity index (χ3n) is 4.64. The Bertz CT molecular complexity index is 640. The Hall–Kier alpha value is -2.11. The first kappa shape index (κ1) is 15.8. The topological polar surface area (TPSA) is 73.9 Å². The summed E-state index contributed by atoms with van der Waals surface area (Å²) in [5, 5.41) is 20.3. The van der Waals surface area contributed by atoms with Gasteiger partial charge in [-0.2, -0.15) is 0 Å². The molecule has 2 aromatic rings.